The lowest BCUT2D eigenvalue weighted by Gasteiger charge is -1.91. The second-order valence-corrected chi connectivity index (χ2v) is 3.99. The van der Waals surface area contributed by atoms with Crippen LogP contribution >= 0.6 is 11.3 Å². The second-order valence-electron chi connectivity index (χ2n) is 2.31. The Kier molecular flexibility index (Phi) is 1.51. The Morgan fingerprint density at radius 3 is 3.18 bits per heavy atom. The molecule has 2 rings (SSSR count). The van der Waals surface area contributed by atoms with Gasteiger partial charge >= 0.3 is 0 Å². The minimum Gasteiger partial charge on any atom is -0.408 e. The molecule has 0 spiro atoms. The van der Waals surface area contributed by atoms with Crippen LogP contribution in [0.15, 0.2) is 16.6 Å². The van der Waals surface area contributed by atoms with Crippen molar-refractivity contribution in [2.24, 2.45) is 0 Å². The van der Waals surface area contributed by atoms with E-state index in [1.807, 2.05) is 6.92 Å². The Hall–Kier alpha value is -0.740. The molecule has 2 heterocycles. The maximum absolute atomic E-state index is 4.92. The minimum atomic E-state index is 0.665. The van der Waals surface area contributed by atoms with Crippen molar-refractivity contribution in [1.29, 1.82) is 0 Å². The number of rotatable bonds is 0. The molecule has 2 aromatic rings. The highest BCUT2D eigenvalue weighted by Gasteiger charge is 1.92. The van der Waals surface area contributed by atoms with Crippen LogP contribution in [0.25, 0.3) is 10.3 Å². The van der Waals surface area contributed by atoms with E-state index in [-0.39, 0.29) is 0 Å². The van der Waals surface area contributed by atoms with Crippen molar-refractivity contribution in [3.05, 3.63) is 17.8 Å². The molecule has 0 aromatic carbocycles. The van der Waals surface area contributed by atoms with Gasteiger partial charge in [-0.3, -0.25) is 0 Å². The van der Waals surface area contributed by atoms with Gasteiger partial charge in [-0.15, -0.1) is 0 Å². The number of aromatic nitrogens is 2. The predicted octanol–water partition coefficient (Wildman–Crippen LogP) is 1.91. The molecule has 0 N–H and O–H groups in total. The fourth-order valence-electron chi connectivity index (χ4n) is 0.898. The van der Waals surface area contributed by atoms with Crippen LogP contribution in [0.1, 0.15) is 5.56 Å². The number of fused-ring (bicyclic) bond motifs is 1. The maximum Gasteiger partial charge on any atom is 0.148 e. The van der Waals surface area contributed by atoms with Crippen LogP contribution in [-0.4, -0.2) is 9.97 Å². The summed E-state index contributed by atoms with van der Waals surface area (Å²) in [6, 6.07) is 2.05. The smallest absolute Gasteiger partial charge is 0.148 e. The van der Waals surface area contributed by atoms with Crippen LogP contribution in [0.5, 0.6) is 0 Å². The number of pyridine rings is 1. The van der Waals surface area contributed by atoms with Crippen LogP contribution in [0, 0.1) is 6.92 Å². The van der Waals surface area contributed by atoms with E-state index in [0.717, 1.165) is 15.9 Å². The van der Waals surface area contributed by atoms with E-state index in [2.05, 4.69) is 16.0 Å². The summed E-state index contributed by atoms with van der Waals surface area (Å²) in [5.74, 6) is 0. The van der Waals surface area contributed by atoms with Crippen molar-refractivity contribution in [2.45, 2.75) is 11.3 Å². The third-order valence-corrected chi connectivity index (χ3v) is 2.49. The molecular formula is C7H5N2S2-. The summed E-state index contributed by atoms with van der Waals surface area (Å²) in [5.41, 5.74) is 1.92. The Morgan fingerprint density at radius 1 is 1.55 bits per heavy atom. The zero-order valence-electron chi connectivity index (χ0n) is 5.87. The number of hydrogen-bond acceptors (Lipinski definition) is 4. The molecule has 0 radical (unpaired) electrons. The summed E-state index contributed by atoms with van der Waals surface area (Å²) in [5, 5.41) is 0. The number of hydrogen-bond donors (Lipinski definition) is 0. The molecule has 11 heavy (non-hydrogen) atoms. The van der Waals surface area contributed by atoms with Crippen molar-refractivity contribution in [2.75, 3.05) is 0 Å². The summed E-state index contributed by atoms with van der Waals surface area (Å²) in [6.07, 6.45) is 1.80. The Balaban J connectivity index is 2.82. The zero-order valence-corrected chi connectivity index (χ0v) is 7.50. The van der Waals surface area contributed by atoms with E-state index in [9.17, 15) is 0 Å². The van der Waals surface area contributed by atoms with Crippen molar-refractivity contribution in [3.63, 3.8) is 0 Å². The molecular weight excluding hydrogens is 176 g/mol. The first-order valence-electron chi connectivity index (χ1n) is 3.16. The van der Waals surface area contributed by atoms with Gasteiger partial charge in [0.1, 0.15) is 5.65 Å². The van der Waals surface area contributed by atoms with Crippen LogP contribution in [0.3, 0.4) is 0 Å². The highest BCUT2D eigenvalue weighted by atomic mass is 32.2. The highest BCUT2D eigenvalue weighted by Crippen LogP contribution is 2.20. The lowest BCUT2D eigenvalue weighted by molar-refractivity contribution is 1.22. The first-order valence-corrected chi connectivity index (χ1v) is 4.38. The Morgan fingerprint density at radius 2 is 2.36 bits per heavy atom. The van der Waals surface area contributed by atoms with E-state index in [1.54, 1.807) is 6.20 Å². The normalized spacial score (nSPS) is 10.6. The van der Waals surface area contributed by atoms with Gasteiger partial charge in [0.05, 0.1) is 0 Å². The third kappa shape index (κ3) is 1.19. The highest BCUT2D eigenvalue weighted by molar-refractivity contribution is 7.63. The molecule has 56 valence electrons. The molecule has 0 atom stereocenters. The topological polar surface area (TPSA) is 25.8 Å². The van der Waals surface area contributed by atoms with Gasteiger partial charge in [0, 0.05) is 6.20 Å². The van der Waals surface area contributed by atoms with Gasteiger partial charge in [-0.05, 0) is 21.5 Å². The molecule has 4 heteroatoms. The van der Waals surface area contributed by atoms with E-state index in [0.29, 0.717) is 4.34 Å². The van der Waals surface area contributed by atoms with Crippen molar-refractivity contribution in [1.82, 2.24) is 9.97 Å². The van der Waals surface area contributed by atoms with Crippen LogP contribution < -0.4 is 0 Å². The zero-order chi connectivity index (χ0) is 7.84. The summed E-state index contributed by atoms with van der Waals surface area (Å²) in [4.78, 5) is 8.21. The fraction of sp³-hybridized carbons (Fsp3) is 0.143. The molecule has 2 nitrogen and oxygen atoms in total. The Labute approximate surface area is 73.7 Å². The molecule has 0 amide bonds. The number of nitrogens with zero attached hydrogens (tertiary/aromatic N) is 2. The summed E-state index contributed by atoms with van der Waals surface area (Å²) in [7, 11) is 0. The van der Waals surface area contributed by atoms with E-state index < -0.39 is 0 Å². The third-order valence-electron chi connectivity index (χ3n) is 1.36. The van der Waals surface area contributed by atoms with Gasteiger partial charge in [-0.25, -0.2) is 9.97 Å². The molecule has 0 aliphatic heterocycles. The first kappa shape index (κ1) is 6.94. The van der Waals surface area contributed by atoms with Crippen LogP contribution in [0.2, 0.25) is 0 Å². The van der Waals surface area contributed by atoms with Crippen molar-refractivity contribution >= 4 is 34.3 Å². The number of aryl methyl sites for hydroxylation is 1. The number of thiazole rings is 1. The van der Waals surface area contributed by atoms with E-state index in [1.165, 1.54) is 11.3 Å². The summed E-state index contributed by atoms with van der Waals surface area (Å²) >= 11 is 6.43. The largest absolute Gasteiger partial charge is 0.408 e. The summed E-state index contributed by atoms with van der Waals surface area (Å²) in [6.45, 7) is 2.01. The maximum atomic E-state index is 4.92. The molecule has 0 aliphatic carbocycles. The quantitative estimate of drug-likeness (QED) is 0.581. The molecule has 0 aliphatic rings. The van der Waals surface area contributed by atoms with Gasteiger partial charge < -0.3 is 24.0 Å². The van der Waals surface area contributed by atoms with Crippen LogP contribution in [-0.2, 0) is 12.6 Å². The standard InChI is InChI=1S/C7H6N2S2/c1-4-2-5-6(8-3-4)9-7(10)11-5/h2-3H,1H3,(H,8,9,10)/p-1. The van der Waals surface area contributed by atoms with Gasteiger partial charge in [0.25, 0.3) is 0 Å². The van der Waals surface area contributed by atoms with Gasteiger partial charge in [-0.2, -0.15) is 0 Å². The molecule has 0 saturated carbocycles. The molecule has 0 unspecified atom stereocenters. The monoisotopic (exact) mass is 181 g/mol. The van der Waals surface area contributed by atoms with Gasteiger partial charge in [0.2, 0.25) is 0 Å². The van der Waals surface area contributed by atoms with E-state index >= 15 is 0 Å². The Bertz CT molecular complexity index is 394. The lowest BCUT2D eigenvalue weighted by atomic mass is 10.3. The van der Waals surface area contributed by atoms with Gasteiger partial charge in [0.15, 0.2) is 0 Å². The minimum absolute atomic E-state index is 0.665. The molecule has 0 bridgehead atoms. The van der Waals surface area contributed by atoms with Crippen molar-refractivity contribution < 1.29 is 0 Å². The molecule has 2 aromatic heterocycles. The molecule has 0 saturated heterocycles. The lowest BCUT2D eigenvalue weighted by Crippen LogP contribution is -1.77. The SMILES string of the molecule is Cc1cnc2nc([S-])sc2c1. The van der Waals surface area contributed by atoms with Crippen molar-refractivity contribution in [3.8, 4) is 0 Å². The van der Waals surface area contributed by atoms with Crippen LogP contribution in [0.4, 0.5) is 0 Å². The first-order chi connectivity index (χ1) is 5.25. The predicted molar refractivity (Wildman–Crippen MR) is 47.8 cm³/mol. The second kappa shape index (κ2) is 2.39. The van der Waals surface area contributed by atoms with E-state index in [4.69, 9.17) is 12.6 Å². The summed E-state index contributed by atoms with van der Waals surface area (Å²) < 4.78 is 1.74. The van der Waals surface area contributed by atoms with Gasteiger partial charge in [-0.1, -0.05) is 6.07 Å². The fourth-order valence-corrected chi connectivity index (χ4v) is 2.01. The molecule has 0 fully saturated rings. The average molecular weight is 181 g/mol. The average Bonchev–Trinajstić information content (AvgIpc) is 2.27.